The van der Waals surface area contributed by atoms with Gasteiger partial charge < -0.3 is 15.5 Å². The van der Waals surface area contributed by atoms with Crippen molar-refractivity contribution in [3.05, 3.63) is 39.8 Å². The van der Waals surface area contributed by atoms with Crippen molar-refractivity contribution in [3.8, 4) is 5.75 Å². The molecular formula is C21H27ClN2O2. The molecule has 0 bridgehead atoms. The predicted octanol–water partition coefficient (Wildman–Crippen LogP) is 4.64. The number of hydrogen-bond donors (Lipinski definition) is 2. The number of aromatic amines is 1. The second kappa shape index (κ2) is 6.90. The maximum Gasteiger partial charge on any atom is 0.255 e. The Morgan fingerprint density at radius 3 is 2.69 bits per heavy atom. The number of nitrogens with two attached hydrogens (primary N) is 1. The number of nitrogens with one attached hydrogen (secondary N) is 1. The Labute approximate surface area is 159 Å². The van der Waals surface area contributed by atoms with Crippen molar-refractivity contribution in [2.75, 3.05) is 0 Å². The highest BCUT2D eigenvalue weighted by atomic mass is 35.5. The van der Waals surface area contributed by atoms with E-state index >= 15 is 0 Å². The van der Waals surface area contributed by atoms with E-state index in [-0.39, 0.29) is 23.1 Å². The van der Waals surface area contributed by atoms with Gasteiger partial charge in [0.25, 0.3) is 5.56 Å². The Bertz CT molecular complexity index is 849. The van der Waals surface area contributed by atoms with E-state index in [2.05, 4.69) is 11.9 Å². The third-order valence-electron chi connectivity index (χ3n) is 6.41. The van der Waals surface area contributed by atoms with E-state index in [0.717, 1.165) is 37.0 Å². The van der Waals surface area contributed by atoms with Crippen LogP contribution in [0.25, 0.3) is 10.8 Å². The summed E-state index contributed by atoms with van der Waals surface area (Å²) >= 11 is 6.38. The highest BCUT2D eigenvalue weighted by molar-refractivity contribution is 6.32. The molecule has 0 amide bonds. The smallest absolute Gasteiger partial charge is 0.255 e. The standard InChI is InChI=1S/C21H27ClN2O2/c1-13(23)21(12-14-2-3-14)7-4-16(5-8-21)26-19-10-15-6-9-24-20(25)17(15)11-18(19)22/h6,9-11,13-14,16H,2-5,7-8,12,23H2,1H3,(H,24,25). The topological polar surface area (TPSA) is 68.1 Å². The lowest BCUT2D eigenvalue weighted by molar-refractivity contribution is 0.0545. The first-order valence-electron chi connectivity index (χ1n) is 9.70. The summed E-state index contributed by atoms with van der Waals surface area (Å²) in [5.41, 5.74) is 6.53. The number of halogens is 1. The molecule has 1 unspecified atom stereocenters. The van der Waals surface area contributed by atoms with Gasteiger partial charge in [-0.25, -0.2) is 0 Å². The number of benzene rings is 1. The summed E-state index contributed by atoms with van der Waals surface area (Å²) in [5, 5.41) is 1.94. The zero-order valence-corrected chi connectivity index (χ0v) is 16.0. The van der Waals surface area contributed by atoms with E-state index in [4.69, 9.17) is 22.1 Å². The van der Waals surface area contributed by atoms with Crippen LogP contribution in [0.3, 0.4) is 0 Å². The third-order valence-corrected chi connectivity index (χ3v) is 6.70. The van der Waals surface area contributed by atoms with Crippen molar-refractivity contribution in [3.63, 3.8) is 0 Å². The summed E-state index contributed by atoms with van der Waals surface area (Å²) in [6, 6.07) is 5.69. The SMILES string of the molecule is CC(N)C1(CC2CC2)CCC(Oc2cc3cc[nH]c(=O)c3cc2Cl)CC1. The first-order chi connectivity index (χ1) is 12.5. The second-order valence-corrected chi connectivity index (χ2v) is 8.70. The molecule has 1 aromatic carbocycles. The molecule has 0 aliphatic heterocycles. The number of aromatic nitrogens is 1. The third kappa shape index (κ3) is 3.49. The average molecular weight is 375 g/mol. The van der Waals surface area contributed by atoms with Crippen LogP contribution in [0.15, 0.2) is 29.2 Å². The summed E-state index contributed by atoms with van der Waals surface area (Å²) in [5.74, 6) is 1.57. The molecule has 2 aliphatic rings. The molecule has 1 aromatic heterocycles. The van der Waals surface area contributed by atoms with E-state index in [1.165, 1.54) is 19.3 Å². The lowest BCUT2D eigenvalue weighted by atomic mass is 9.66. The molecule has 2 fully saturated rings. The molecule has 2 saturated carbocycles. The van der Waals surface area contributed by atoms with E-state index < -0.39 is 0 Å². The molecule has 2 aliphatic carbocycles. The van der Waals surface area contributed by atoms with E-state index in [9.17, 15) is 4.79 Å². The van der Waals surface area contributed by atoms with Gasteiger partial charge in [0, 0.05) is 17.6 Å². The number of rotatable bonds is 5. The van der Waals surface area contributed by atoms with E-state index in [0.29, 0.717) is 16.2 Å². The summed E-state index contributed by atoms with van der Waals surface area (Å²) < 4.78 is 6.24. The van der Waals surface area contributed by atoms with Gasteiger partial charge in [0.15, 0.2) is 0 Å². The van der Waals surface area contributed by atoms with Gasteiger partial charge in [0.05, 0.1) is 11.1 Å². The lowest BCUT2D eigenvalue weighted by Gasteiger charge is -2.43. The van der Waals surface area contributed by atoms with Crippen molar-refractivity contribution in [2.24, 2.45) is 17.1 Å². The van der Waals surface area contributed by atoms with Gasteiger partial charge in [-0.3, -0.25) is 4.79 Å². The van der Waals surface area contributed by atoms with Gasteiger partial charge in [0.2, 0.25) is 0 Å². The van der Waals surface area contributed by atoms with Crippen LogP contribution in [0.1, 0.15) is 51.9 Å². The van der Waals surface area contributed by atoms with E-state index in [1.807, 2.05) is 12.1 Å². The fourth-order valence-electron chi connectivity index (χ4n) is 4.48. The molecule has 0 spiro atoms. The van der Waals surface area contributed by atoms with Crippen LogP contribution in [0.5, 0.6) is 5.75 Å². The summed E-state index contributed by atoms with van der Waals surface area (Å²) in [7, 11) is 0. The van der Waals surface area contributed by atoms with Crippen LogP contribution in [0.2, 0.25) is 5.02 Å². The van der Waals surface area contributed by atoms with Gasteiger partial charge in [-0.1, -0.05) is 24.4 Å². The molecule has 3 N–H and O–H groups in total. The molecule has 0 radical (unpaired) electrons. The van der Waals surface area contributed by atoms with Crippen molar-refractivity contribution in [1.29, 1.82) is 0 Å². The van der Waals surface area contributed by atoms with E-state index in [1.54, 1.807) is 12.3 Å². The average Bonchev–Trinajstić information content (AvgIpc) is 3.42. The molecule has 5 heteroatoms. The summed E-state index contributed by atoms with van der Waals surface area (Å²) in [6.07, 6.45) is 10.1. The van der Waals surface area contributed by atoms with Crippen LogP contribution >= 0.6 is 11.6 Å². The summed E-state index contributed by atoms with van der Waals surface area (Å²) in [6.45, 7) is 2.17. The van der Waals surface area contributed by atoms with Crippen LogP contribution in [-0.4, -0.2) is 17.1 Å². The second-order valence-electron chi connectivity index (χ2n) is 8.29. The fourth-order valence-corrected chi connectivity index (χ4v) is 4.69. The number of H-pyrrole nitrogens is 1. The van der Waals surface area contributed by atoms with Crippen molar-refractivity contribution >= 4 is 22.4 Å². The first-order valence-corrected chi connectivity index (χ1v) is 10.1. The molecule has 0 saturated heterocycles. The Morgan fingerprint density at radius 2 is 2.04 bits per heavy atom. The van der Waals surface area contributed by atoms with Gasteiger partial charge in [0.1, 0.15) is 5.75 Å². The Balaban J connectivity index is 1.48. The molecule has 1 atom stereocenters. The number of pyridine rings is 1. The largest absolute Gasteiger partial charge is 0.489 e. The normalized spacial score (nSPS) is 27.4. The predicted molar refractivity (Wildman–Crippen MR) is 106 cm³/mol. The quantitative estimate of drug-likeness (QED) is 0.801. The van der Waals surface area contributed by atoms with Crippen molar-refractivity contribution < 1.29 is 4.74 Å². The molecule has 4 nitrogen and oxygen atoms in total. The molecule has 2 aromatic rings. The maximum atomic E-state index is 11.9. The monoisotopic (exact) mass is 374 g/mol. The minimum absolute atomic E-state index is 0.129. The molecule has 4 rings (SSSR count). The fraction of sp³-hybridized carbons (Fsp3) is 0.571. The van der Waals surface area contributed by atoms with Crippen molar-refractivity contribution in [2.45, 2.75) is 64.0 Å². The Morgan fingerprint density at radius 1 is 1.31 bits per heavy atom. The zero-order chi connectivity index (χ0) is 18.3. The number of ether oxygens (including phenoxy) is 1. The molecule has 26 heavy (non-hydrogen) atoms. The Kier molecular flexibility index (Phi) is 4.74. The van der Waals surface area contributed by atoms with Crippen molar-refractivity contribution in [1.82, 2.24) is 4.98 Å². The van der Waals surface area contributed by atoms with Gasteiger partial charge in [-0.05, 0) is 73.9 Å². The highest BCUT2D eigenvalue weighted by Gasteiger charge is 2.42. The first kappa shape index (κ1) is 17.9. The minimum atomic E-state index is -0.129. The van der Waals surface area contributed by atoms with Crippen LogP contribution in [0, 0.1) is 11.3 Å². The zero-order valence-electron chi connectivity index (χ0n) is 15.3. The maximum absolute atomic E-state index is 11.9. The molecular weight excluding hydrogens is 348 g/mol. The number of hydrogen-bond acceptors (Lipinski definition) is 3. The minimum Gasteiger partial charge on any atom is -0.489 e. The highest BCUT2D eigenvalue weighted by Crippen LogP contribution is 2.49. The van der Waals surface area contributed by atoms with Gasteiger partial charge in [-0.15, -0.1) is 0 Å². The van der Waals surface area contributed by atoms with Crippen LogP contribution in [-0.2, 0) is 0 Å². The number of fused-ring (bicyclic) bond motifs is 1. The molecule has 140 valence electrons. The van der Waals surface area contributed by atoms with Crippen LogP contribution < -0.4 is 16.0 Å². The van der Waals surface area contributed by atoms with Gasteiger partial charge >= 0.3 is 0 Å². The molecule has 1 heterocycles. The van der Waals surface area contributed by atoms with Gasteiger partial charge in [-0.2, -0.15) is 0 Å². The Hall–Kier alpha value is -1.52. The lowest BCUT2D eigenvalue weighted by Crippen LogP contribution is -2.44. The summed E-state index contributed by atoms with van der Waals surface area (Å²) in [4.78, 5) is 14.6. The van der Waals surface area contributed by atoms with Crippen LogP contribution in [0.4, 0.5) is 0 Å².